The predicted octanol–water partition coefficient (Wildman–Crippen LogP) is 7.32. The number of ether oxygens (including phenoxy) is 1. The minimum Gasteiger partial charge on any atom is -0.743 e. The van der Waals surface area contributed by atoms with E-state index in [4.69, 9.17) is 4.74 Å². The largest absolute Gasteiger partial charge is 0.743 e. The zero-order chi connectivity index (χ0) is 29.6. The third-order valence-corrected chi connectivity index (χ3v) is 7.84. The predicted molar refractivity (Wildman–Crippen MR) is 132 cm³/mol. The van der Waals surface area contributed by atoms with E-state index in [1.165, 1.54) is 14.7 Å². The minimum absolute atomic E-state index is 0.102. The van der Waals surface area contributed by atoms with Gasteiger partial charge in [-0.3, -0.25) is 0 Å². The molecular weight excluding hydrogens is 573 g/mol. The van der Waals surface area contributed by atoms with Gasteiger partial charge in [-0.15, -0.1) is 0 Å². The average Bonchev–Trinajstić information content (AvgIpc) is 2.85. The van der Waals surface area contributed by atoms with Gasteiger partial charge in [-0.25, -0.2) is 21.6 Å². The van der Waals surface area contributed by atoms with Crippen LogP contribution in [-0.4, -0.2) is 42.3 Å². The van der Waals surface area contributed by atoms with Crippen LogP contribution in [0.2, 0.25) is 0 Å². The molecule has 0 aliphatic rings. The van der Waals surface area contributed by atoms with Crippen molar-refractivity contribution < 1.29 is 48.4 Å². The molecule has 1 unspecified atom stereocenters. The number of benzene rings is 3. The summed E-state index contributed by atoms with van der Waals surface area (Å²) in [5.74, 6) is -5.38. The van der Waals surface area contributed by atoms with Crippen molar-refractivity contribution in [2.75, 3.05) is 0 Å². The van der Waals surface area contributed by atoms with Crippen molar-refractivity contribution in [2.24, 2.45) is 0 Å². The van der Waals surface area contributed by atoms with Gasteiger partial charge in [0.15, 0.2) is 24.8 Å². The van der Waals surface area contributed by atoms with Crippen LogP contribution in [0.25, 0.3) is 0 Å². The molecule has 3 rings (SSSR count). The summed E-state index contributed by atoms with van der Waals surface area (Å²) in [6.07, 6.45) is -9.30. The standard InChI is InChI=1S/C22H23OS.C4H3F7O3S/c1-22(2,3)23-18-14-16-21(17-15-18)24(19-10-6-4-7-11-19)20-12-8-5-9-13-20;5-1(2(6)7)3(8,9)4(10,11)15(12,13)14/h4-17H,1-3H3;1-2H,(H,12,13,14)/q+1;/p-1. The Morgan fingerprint density at radius 3 is 1.44 bits per heavy atom. The Balaban J connectivity index is 0.000000309. The molecule has 0 spiro atoms. The molecule has 0 aromatic heterocycles. The number of alkyl halides is 7. The molecule has 0 bridgehead atoms. The van der Waals surface area contributed by atoms with Crippen molar-refractivity contribution in [2.45, 2.75) is 64.8 Å². The first-order valence-electron chi connectivity index (χ1n) is 11.2. The summed E-state index contributed by atoms with van der Waals surface area (Å²) in [5, 5.41) is -6.43. The van der Waals surface area contributed by atoms with E-state index in [-0.39, 0.29) is 16.5 Å². The quantitative estimate of drug-likeness (QED) is 0.155. The summed E-state index contributed by atoms with van der Waals surface area (Å²) in [4.78, 5) is 3.95. The Morgan fingerprint density at radius 2 is 1.10 bits per heavy atom. The van der Waals surface area contributed by atoms with Crippen LogP contribution in [0, 0.1) is 0 Å². The van der Waals surface area contributed by atoms with Gasteiger partial charge >= 0.3 is 11.2 Å². The van der Waals surface area contributed by atoms with E-state index < -0.39 is 33.9 Å². The van der Waals surface area contributed by atoms with Gasteiger partial charge < -0.3 is 9.29 Å². The molecule has 214 valence electrons. The molecule has 0 heterocycles. The normalized spacial score (nSPS) is 13.6. The first-order chi connectivity index (χ1) is 17.9. The van der Waals surface area contributed by atoms with Gasteiger partial charge in [0.05, 0.1) is 10.9 Å². The molecule has 0 saturated heterocycles. The van der Waals surface area contributed by atoms with E-state index in [2.05, 4.69) is 106 Å². The summed E-state index contributed by atoms with van der Waals surface area (Å²) < 4.78 is 118. The maximum atomic E-state index is 12.2. The fourth-order valence-electron chi connectivity index (χ4n) is 3.00. The second kappa shape index (κ2) is 12.6. The third kappa shape index (κ3) is 8.36. The van der Waals surface area contributed by atoms with Crippen LogP contribution in [-0.2, 0) is 21.0 Å². The Bertz CT molecular complexity index is 1240. The van der Waals surface area contributed by atoms with Crippen LogP contribution in [0.5, 0.6) is 5.75 Å². The van der Waals surface area contributed by atoms with Gasteiger partial charge in [0.25, 0.3) is 6.43 Å². The molecule has 3 aromatic carbocycles. The van der Waals surface area contributed by atoms with Crippen LogP contribution in [0.15, 0.2) is 99.6 Å². The van der Waals surface area contributed by atoms with Crippen molar-refractivity contribution in [1.29, 1.82) is 0 Å². The summed E-state index contributed by atoms with van der Waals surface area (Å²) in [5.41, 5.74) is -0.179. The number of halogens is 7. The molecule has 3 aromatic rings. The van der Waals surface area contributed by atoms with Gasteiger partial charge in [-0.05, 0) is 69.3 Å². The maximum Gasteiger partial charge on any atom is 0.399 e. The lowest BCUT2D eigenvalue weighted by atomic mass is 10.2. The Hall–Kier alpha value is -2.77. The fraction of sp³-hybridized carbons (Fsp3) is 0.308. The molecule has 13 heteroatoms. The van der Waals surface area contributed by atoms with Gasteiger partial charge in [0, 0.05) is 0 Å². The second-order valence-electron chi connectivity index (χ2n) is 8.95. The summed E-state index contributed by atoms with van der Waals surface area (Å²) in [6, 6.07) is 29.9. The van der Waals surface area contributed by atoms with E-state index >= 15 is 0 Å². The Morgan fingerprint density at radius 1 is 0.718 bits per heavy atom. The molecule has 0 saturated carbocycles. The lowest BCUT2D eigenvalue weighted by Gasteiger charge is -2.29. The van der Waals surface area contributed by atoms with Gasteiger partial charge in [0.2, 0.25) is 6.17 Å². The van der Waals surface area contributed by atoms with Crippen LogP contribution >= 0.6 is 0 Å². The van der Waals surface area contributed by atoms with E-state index in [0.717, 1.165) is 5.75 Å². The Kier molecular flexibility index (Phi) is 10.5. The molecule has 1 atom stereocenters. The molecule has 0 aliphatic heterocycles. The molecular formula is C26H25F7O4S2. The summed E-state index contributed by atoms with van der Waals surface area (Å²) in [7, 11) is -7.05. The molecule has 0 radical (unpaired) electrons. The first kappa shape index (κ1) is 32.4. The second-order valence-corrected chi connectivity index (χ2v) is 12.4. The van der Waals surface area contributed by atoms with Crippen LogP contribution in [0.1, 0.15) is 20.8 Å². The van der Waals surface area contributed by atoms with Crippen molar-refractivity contribution in [1.82, 2.24) is 0 Å². The topological polar surface area (TPSA) is 66.4 Å². The molecule has 0 fully saturated rings. The minimum atomic E-state index is -6.95. The molecule has 0 amide bonds. The number of rotatable bonds is 8. The molecule has 0 aliphatic carbocycles. The average molecular weight is 599 g/mol. The lowest BCUT2D eigenvalue weighted by Crippen LogP contribution is -2.54. The zero-order valence-corrected chi connectivity index (χ0v) is 22.5. The van der Waals surface area contributed by atoms with Gasteiger partial charge in [-0.1, -0.05) is 36.4 Å². The highest BCUT2D eigenvalue weighted by Gasteiger charge is 2.68. The zero-order valence-electron chi connectivity index (χ0n) is 20.8. The number of hydrogen-bond donors (Lipinski definition) is 0. The maximum absolute atomic E-state index is 12.2. The molecule has 0 N–H and O–H groups in total. The lowest BCUT2D eigenvalue weighted by molar-refractivity contribution is -0.221. The molecule has 39 heavy (non-hydrogen) atoms. The van der Waals surface area contributed by atoms with Crippen LogP contribution in [0.3, 0.4) is 0 Å². The van der Waals surface area contributed by atoms with Crippen LogP contribution in [0.4, 0.5) is 30.7 Å². The number of hydrogen-bond acceptors (Lipinski definition) is 4. The van der Waals surface area contributed by atoms with Crippen molar-refractivity contribution in [3.8, 4) is 5.75 Å². The van der Waals surface area contributed by atoms with Crippen molar-refractivity contribution in [3.63, 3.8) is 0 Å². The summed E-state index contributed by atoms with van der Waals surface area (Å²) >= 11 is 0. The Labute approximate surface area is 224 Å². The van der Waals surface area contributed by atoms with Crippen molar-refractivity contribution in [3.05, 3.63) is 84.9 Å². The highest BCUT2D eigenvalue weighted by molar-refractivity contribution is 7.97. The SMILES string of the molecule is CC(C)(C)Oc1ccc([S+](c2ccccc2)c2ccccc2)cc1.O=S(=O)([O-])C(F)(F)C(F)(F)C(F)C(F)F. The third-order valence-electron chi connectivity index (χ3n) is 4.71. The van der Waals surface area contributed by atoms with Gasteiger partial charge in [-0.2, -0.15) is 17.6 Å². The highest BCUT2D eigenvalue weighted by atomic mass is 32.2. The van der Waals surface area contributed by atoms with Crippen molar-refractivity contribution >= 4 is 21.0 Å². The molecule has 4 nitrogen and oxygen atoms in total. The van der Waals surface area contributed by atoms with Gasteiger partial charge in [0.1, 0.15) is 11.4 Å². The first-order valence-corrected chi connectivity index (χ1v) is 13.8. The highest BCUT2D eigenvalue weighted by Crippen LogP contribution is 2.43. The van der Waals surface area contributed by atoms with E-state index in [9.17, 15) is 43.7 Å². The van der Waals surface area contributed by atoms with Crippen LogP contribution < -0.4 is 4.74 Å². The van der Waals surface area contributed by atoms with E-state index in [1.54, 1.807) is 0 Å². The fourth-order valence-corrected chi connectivity index (χ4v) is 5.53. The van der Waals surface area contributed by atoms with E-state index in [0.29, 0.717) is 0 Å². The smallest absolute Gasteiger partial charge is 0.399 e. The van der Waals surface area contributed by atoms with E-state index in [1.807, 2.05) is 0 Å². The monoisotopic (exact) mass is 598 g/mol. The summed E-state index contributed by atoms with van der Waals surface area (Å²) in [6.45, 7) is 6.21.